The van der Waals surface area contributed by atoms with E-state index in [0.717, 1.165) is 24.0 Å². The molecule has 2 unspecified atom stereocenters. The van der Waals surface area contributed by atoms with Crippen molar-refractivity contribution in [1.29, 1.82) is 0 Å². The van der Waals surface area contributed by atoms with Crippen molar-refractivity contribution in [2.75, 3.05) is 13.2 Å². The standard InChI is InChI=1S/C17H25NO2/c1-2-18-17(13-8-4-3-5-9-13)16-12-19-14-10-6-7-11-15(14)20-16/h6-7,10-11,13,16-18H,2-5,8-9,12H2,1H3. The first kappa shape index (κ1) is 13.7. The van der Waals surface area contributed by atoms with Crippen LogP contribution >= 0.6 is 0 Å². The van der Waals surface area contributed by atoms with Crippen molar-refractivity contribution in [2.45, 2.75) is 51.2 Å². The van der Waals surface area contributed by atoms with Gasteiger partial charge in [0.25, 0.3) is 0 Å². The smallest absolute Gasteiger partial charge is 0.161 e. The van der Waals surface area contributed by atoms with Gasteiger partial charge in [0.15, 0.2) is 11.5 Å². The van der Waals surface area contributed by atoms with Crippen LogP contribution in [0.1, 0.15) is 39.0 Å². The largest absolute Gasteiger partial charge is 0.486 e. The maximum atomic E-state index is 6.21. The summed E-state index contributed by atoms with van der Waals surface area (Å²) >= 11 is 0. The highest BCUT2D eigenvalue weighted by Gasteiger charge is 2.34. The van der Waals surface area contributed by atoms with Crippen molar-refractivity contribution in [3.8, 4) is 11.5 Å². The van der Waals surface area contributed by atoms with Gasteiger partial charge in [-0.05, 0) is 37.4 Å². The van der Waals surface area contributed by atoms with Crippen molar-refractivity contribution >= 4 is 0 Å². The molecule has 1 N–H and O–H groups in total. The summed E-state index contributed by atoms with van der Waals surface area (Å²) in [5.41, 5.74) is 0. The van der Waals surface area contributed by atoms with Gasteiger partial charge in [0.2, 0.25) is 0 Å². The molecular weight excluding hydrogens is 250 g/mol. The van der Waals surface area contributed by atoms with Crippen LogP contribution in [0.2, 0.25) is 0 Å². The molecule has 0 spiro atoms. The molecule has 2 atom stereocenters. The lowest BCUT2D eigenvalue weighted by Gasteiger charge is -2.38. The third kappa shape index (κ3) is 2.93. The number of hydrogen-bond donors (Lipinski definition) is 1. The first-order chi connectivity index (χ1) is 9.88. The van der Waals surface area contributed by atoms with Gasteiger partial charge in [-0.15, -0.1) is 0 Å². The average Bonchev–Trinajstić information content (AvgIpc) is 2.53. The normalized spacial score (nSPS) is 24.4. The van der Waals surface area contributed by atoms with Crippen molar-refractivity contribution in [1.82, 2.24) is 5.32 Å². The molecule has 3 nitrogen and oxygen atoms in total. The van der Waals surface area contributed by atoms with Crippen LogP contribution in [0.3, 0.4) is 0 Å². The highest BCUT2D eigenvalue weighted by Crippen LogP contribution is 2.35. The number of nitrogens with one attached hydrogen (secondary N) is 1. The Hall–Kier alpha value is -1.22. The van der Waals surface area contributed by atoms with Crippen LogP contribution in [-0.2, 0) is 0 Å². The van der Waals surface area contributed by atoms with E-state index in [1.807, 2.05) is 24.3 Å². The fraction of sp³-hybridized carbons (Fsp3) is 0.647. The maximum Gasteiger partial charge on any atom is 0.161 e. The molecule has 1 heterocycles. The Kier molecular flexibility index (Phi) is 4.46. The van der Waals surface area contributed by atoms with E-state index < -0.39 is 0 Å². The highest BCUT2D eigenvalue weighted by molar-refractivity contribution is 5.40. The van der Waals surface area contributed by atoms with Gasteiger partial charge in [0, 0.05) is 0 Å². The second kappa shape index (κ2) is 6.49. The van der Waals surface area contributed by atoms with E-state index in [1.54, 1.807) is 0 Å². The molecule has 20 heavy (non-hydrogen) atoms. The van der Waals surface area contributed by atoms with Crippen LogP contribution in [0.5, 0.6) is 11.5 Å². The van der Waals surface area contributed by atoms with Gasteiger partial charge in [-0.25, -0.2) is 0 Å². The quantitative estimate of drug-likeness (QED) is 0.913. The van der Waals surface area contributed by atoms with Gasteiger partial charge < -0.3 is 14.8 Å². The molecule has 0 bridgehead atoms. The number of likely N-dealkylation sites (N-methyl/N-ethyl adjacent to an activating group) is 1. The molecule has 0 aromatic heterocycles. The maximum absolute atomic E-state index is 6.21. The van der Waals surface area contributed by atoms with Crippen LogP contribution in [0.25, 0.3) is 0 Å². The zero-order valence-corrected chi connectivity index (χ0v) is 12.3. The molecule has 1 aromatic carbocycles. The third-order valence-corrected chi connectivity index (χ3v) is 4.53. The number of rotatable bonds is 4. The molecule has 0 saturated heterocycles. The summed E-state index contributed by atoms with van der Waals surface area (Å²) in [6, 6.07) is 8.40. The van der Waals surface area contributed by atoms with Gasteiger partial charge in [-0.1, -0.05) is 38.3 Å². The lowest BCUT2D eigenvalue weighted by Crippen LogP contribution is -2.52. The van der Waals surface area contributed by atoms with E-state index in [1.165, 1.54) is 32.1 Å². The Bertz CT molecular complexity index is 429. The van der Waals surface area contributed by atoms with E-state index in [0.29, 0.717) is 12.6 Å². The summed E-state index contributed by atoms with van der Waals surface area (Å²) < 4.78 is 12.1. The Labute approximate surface area is 121 Å². The Morgan fingerprint density at radius 2 is 1.90 bits per heavy atom. The summed E-state index contributed by atoms with van der Waals surface area (Å²) in [7, 11) is 0. The van der Waals surface area contributed by atoms with Gasteiger partial charge in [0.05, 0.1) is 6.04 Å². The van der Waals surface area contributed by atoms with E-state index >= 15 is 0 Å². The van der Waals surface area contributed by atoms with Crippen molar-refractivity contribution in [3.63, 3.8) is 0 Å². The summed E-state index contributed by atoms with van der Waals surface area (Å²) in [6.07, 6.45) is 6.87. The van der Waals surface area contributed by atoms with Crippen molar-refractivity contribution < 1.29 is 9.47 Å². The minimum Gasteiger partial charge on any atom is -0.486 e. The monoisotopic (exact) mass is 275 g/mol. The first-order valence-electron chi connectivity index (χ1n) is 8.00. The van der Waals surface area contributed by atoms with E-state index in [-0.39, 0.29) is 6.10 Å². The molecule has 1 aliphatic carbocycles. The molecule has 110 valence electrons. The molecule has 1 saturated carbocycles. The topological polar surface area (TPSA) is 30.5 Å². The van der Waals surface area contributed by atoms with E-state index in [4.69, 9.17) is 9.47 Å². The molecule has 0 radical (unpaired) electrons. The predicted octanol–water partition coefficient (Wildman–Crippen LogP) is 3.38. The predicted molar refractivity (Wildman–Crippen MR) is 80.4 cm³/mol. The van der Waals surface area contributed by atoms with Crippen LogP contribution < -0.4 is 14.8 Å². The van der Waals surface area contributed by atoms with Crippen LogP contribution in [0, 0.1) is 5.92 Å². The number of ether oxygens (including phenoxy) is 2. The first-order valence-corrected chi connectivity index (χ1v) is 8.00. The summed E-state index contributed by atoms with van der Waals surface area (Å²) in [6.45, 7) is 3.82. The van der Waals surface area contributed by atoms with Crippen molar-refractivity contribution in [3.05, 3.63) is 24.3 Å². The molecule has 1 fully saturated rings. The molecule has 2 aliphatic rings. The Morgan fingerprint density at radius 1 is 1.15 bits per heavy atom. The van der Waals surface area contributed by atoms with Crippen LogP contribution in [-0.4, -0.2) is 25.3 Å². The van der Waals surface area contributed by atoms with Gasteiger partial charge in [0.1, 0.15) is 12.7 Å². The number of fused-ring (bicyclic) bond motifs is 1. The molecule has 1 aromatic rings. The molecule has 3 heteroatoms. The third-order valence-electron chi connectivity index (χ3n) is 4.53. The Balaban J connectivity index is 1.72. The van der Waals surface area contributed by atoms with Crippen LogP contribution in [0.4, 0.5) is 0 Å². The number of hydrogen-bond acceptors (Lipinski definition) is 3. The summed E-state index contributed by atoms with van der Waals surface area (Å²) in [5.74, 6) is 2.49. The zero-order valence-electron chi connectivity index (χ0n) is 12.3. The fourth-order valence-electron chi connectivity index (χ4n) is 3.54. The lowest BCUT2D eigenvalue weighted by atomic mass is 9.81. The zero-order chi connectivity index (χ0) is 13.8. The number of para-hydroxylation sites is 2. The highest BCUT2D eigenvalue weighted by atomic mass is 16.6. The van der Waals surface area contributed by atoms with E-state index in [2.05, 4.69) is 12.2 Å². The number of benzene rings is 1. The minimum atomic E-state index is 0.132. The molecule has 3 rings (SSSR count). The Morgan fingerprint density at radius 3 is 2.65 bits per heavy atom. The van der Waals surface area contributed by atoms with Crippen LogP contribution in [0.15, 0.2) is 24.3 Å². The summed E-state index contributed by atoms with van der Waals surface area (Å²) in [4.78, 5) is 0. The second-order valence-corrected chi connectivity index (χ2v) is 5.90. The second-order valence-electron chi connectivity index (χ2n) is 5.90. The van der Waals surface area contributed by atoms with Crippen molar-refractivity contribution in [2.24, 2.45) is 5.92 Å². The lowest BCUT2D eigenvalue weighted by molar-refractivity contribution is 0.0372. The van der Waals surface area contributed by atoms with Gasteiger partial charge in [-0.2, -0.15) is 0 Å². The molecule has 0 amide bonds. The fourth-order valence-corrected chi connectivity index (χ4v) is 3.54. The van der Waals surface area contributed by atoms with Gasteiger partial charge >= 0.3 is 0 Å². The van der Waals surface area contributed by atoms with Gasteiger partial charge in [-0.3, -0.25) is 0 Å². The molecular formula is C17H25NO2. The molecule has 1 aliphatic heterocycles. The summed E-state index contributed by atoms with van der Waals surface area (Å²) in [5, 5.41) is 3.65. The minimum absolute atomic E-state index is 0.132. The SMILES string of the molecule is CCNC(C1CCCCC1)C1COc2ccccc2O1. The van der Waals surface area contributed by atoms with E-state index in [9.17, 15) is 0 Å². The average molecular weight is 275 g/mol.